The maximum Gasteiger partial charge on any atom is 0.262 e. The second-order valence-corrected chi connectivity index (χ2v) is 4.30. The lowest BCUT2D eigenvalue weighted by Gasteiger charge is -2.07. The van der Waals surface area contributed by atoms with E-state index >= 15 is 0 Å². The SMILES string of the molecule is CC(C)=CCCCCCCC(O)C(=O)NN. The van der Waals surface area contributed by atoms with Crippen LogP contribution in [0, 0.1) is 0 Å². The Balaban J connectivity index is 3.33. The molecule has 0 bridgehead atoms. The molecule has 0 saturated carbocycles. The van der Waals surface area contributed by atoms with Crippen LogP contribution in [-0.2, 0) is 4.79 Å². The van der Waals surface area contributed by atoms with Crippen molar-refractivity contribution in [3.8, 4) is 0 Å². The molecule has 4 heteroatoms. The first-order chi connectivity index (χ1) is 7.57. The van der Waals surface area contributed by atoms with Crippen LogP contribution in [-0.4, -0.2) is 17.1 Å². The Bertz CT molecular complexity index is 223. The van der Waals surface area contributed by atoms with Crippen LogP contribution in [0.2, 0.25) is 0 Å². The Hall–Kier alpha value is -0.870. The summed E-state index contributed by atoms with van der Waals surface area (Å²) < 4.78 is 0. The third-order valence-corrected chi connectivity index (χ3v) is 2.43. The van der Waals surface area contributed by atoms with E-state index in [0.717, 1.165) is 25.7 Å². The van der Waals surface area contributed by atoms with Crippen LogP contribution in [0.25, 0.3) is 0 Å². The van der Waals surface area contributed by atoms with Gasteiger partial charge in [-0.05, 0) is 33.1 Å². The predicted molar refractivity (Wildman–Crippen MR) is 65.5 cm³/mol. The molecule has 0 spiro atoms. The maximum absolute atomic E-state index is 10.9. The van der Waals surface area contributed by atoms with Gasteiger partial charge < -0.3 is 5.11 Å². The predicted octanol–water partition coefficient (Wildman–Crippen LogP) is 1.64. The van der Waals surface area contributed by atoms with E-state index in [1.165, 1.54) is 12.0 Å². The van der Waals surface area contributed by atoms with E-state index in [1.54, 1.807) is 0 Å². The second kappa shape index (κ2) is 9.36. The zero-order valence-corrected chi connectivity index (χ0v) is 10.3. The van der Waals surface area contributed by atoms with Gasteiger partial charge in [0.1, 0.15) is 6.10 Å². The number of amides is 1. The van der Waals surface area contributed by atoms with Gasteiger partial charge in [-0.2, -0.15) is 0 Å². The molecule has 1 unspecified atom stereocenters. The monoisotopic (exact) mass is 228 g/mol. The first-order valence-electron chi connectivity index (χ1n) is 5.89. The minimum atomic E-state index is -0.956. The average Bonchev–Trinajstić information content (AvgIpc) is 2.25. The van der Waals surface area contributed by atoms with Gasteiger partial charge in [0.25, 0.3) is 5.91 Å². The number of hydrazine groups is 1. The van der Waals surface area contributed by atoms with Gasteiger partial charge in [-0.15, -0.1) is 0 Å². The number of aliphatic hydroxyl groups excluding tert-OH is 1. The number of nitrogens with one attached hydrogen (secondary N) is 1. The van der Waals surface area contributed by atoms with E-state index in [-0.39, 0.29) is 0 Å². The van der Waals surface area contributed by atoms with Gasteiger partial charge >= 0.3 is 0 Å². The Morgan fingerprint density at radius 1 is 1.31 bits per heavy atom. The van der Waals surface area contributed by atoms with Crippen LogP contribution >= 0.6 is 0 Å². The number of carbonyl (C=O) groups excluding carboxylic acids is 1. The van der Waals surface area contributed by atoms with E-state index in [0.29, 0.717) is 6.42 Å². The third-order valence-electron chi connectivity index (χ3n) is 2.43. The largest absolute Gasteiger partial charge is 0.383 e. The Morgan fingerprint density at radius 2 is 1.94 bits per heavy atom. The highest BCUT2D eigenvalue weighted by Gasteiger charge is 2.11. The number of carbonyl (C=O) groups is 1. The number of aliphatic hydroxyl groups is 1. The first-order valence-corrected chi connectivity index (χ1v) is 5.89. The molecule has 1 amide bonds. The second-order valence-electron chi connectivity index (χ2n) is 4.30. The molecule has 94 valence electrons. The number of nitrogens with two attached hydrogens (primary N) is 1. The van der Waals surface area contributed by atoms with Crippen molar-refractivity contribution in [3.05, 3.63) is 11.6 Å². The molecular formula is C12H24N2O2. The molecule has 0 radical (unpaired) electrons. The molecule has 0 aliphatic rings. The summed E-state index contributed by atoms with van der Waals surface area (Å²) in [6.45, 7) is 4.20. The van der Waals surface area contributed by atoms with Crippen molar-refractivity contribution in [1.82, 2.24) is 5.43 Å². The van der Waals surface area contributed by atoms with Crippen molar-refractivity contribution < 1.29 is 9.90 Å². The lowest BCUT2D eigenvalue weighted by molar-refractivity contribution is -0.129. The molecule has 4 nitrogen and oxygen atoms in total. The van der Waals surface area contributed by atoms with Crippen molar-refractivity contribution in [3.63, 3.8) is 0 Å². The van der Waals surface area contributed by atoms with Crippen LogP contribution in [0.3, 0.4) is 0 Å². The normalized spacial score (nSPS) is 12.0. The lowest BCUT2D eigenvalue weighted by atomic mass is 10.1. The van der Waals surface area contributed by atoms with Gasteiger partial charge in [0.15, 0.2) is 0 Å². The fraction of sp³-hybridized carbons (Fsp3) is 0.750. The standard InChI is InChI=1S/C12H24N2O2/c1-10(2)8-6-4-3-5-7-9-11(15)12(16)14-13/h8,11,15H,3-7,9,13H2,1-2H3,(H,14,16). The van der Waals surface area contributed by atoms with Gasteiger partial charge in [0.2, 0.25) is 0 Å². The molecule has 0 aromatic rings. The molecule has 0 heterocycles. The Kier molecular flexibility index (Phi) is 8.85. The van der Waals surface area contributed by atoms with Crippen molar-refractivity contribution in [1.29, 1.82) is 0 Å². The van der Waals surface area contributed by atoms with Crippen LogP contribution in [0.15, 0.2) is 11.6 Å². The fourth-order valence-corrected chi connectivity index (χ4v) is 1.45. The molecule has 4 N–H and O–H groups in total. The zero-order valence-electron chi connectivity index (χ0n) is 10.3. The van der Waals surface area contributed by atoms with Gasteiger partial charge in [0.05, 0.1) is 0 Å². The topological polar surface area (TPSA) is 75.3 Å². The number of rotatable bonds is 8. The molecule has 0 rings (SSSR count). The van der Waals surface area contributed by atoms with E-state index in [9.17, 15) is 9.90 Å². The highest BCUT2D eigenvalue weighted by molar-refractivity contribution is 5.79. The highest BCUT2D eigenvalue weighted by atomic mass is 16.3. The van der Waals surface area contributed by atoms with E-state index < -0.39 is 12.0 Å². The minimum absolute atomic E-state index is 0.492. The zero-order chi connectivity index (χ0) is 12.4. The van der Waals surface area contributed by atoms with Crippen LogP contribution < -0.4 is 11.3 Å². The molecule has 1 atom stereocenters. The quantitative estimate of drug-likeness (QED) is 0.194. The van der Waals surface area contributed by atoms with Crippen molar-refractivity contribution >= 4 is 5.91 Å². The Labute approximate surface area is 97.9 Å². The molecule has 0 saturated heterocycles. The lowest BCUT2D eigenvalue weighted by Crippen LogP contribution is -2.38. The summed E-state index contributed by atoms with van der Waals surface area (Å²) in [5.74, 6) is 4.41. The number of allylic oxidation sites excluding steroid dienone is 2. The summed E-state index contributed by atoms with van der Waals surface area (Å²) in [4.78, 5) is 10.9. The molecule has 0 aliphatic carbocycles. The summed E-state index contributed by atoms with van der Waals surface area (Å²) >= 11 is 0. The van der Waals surface area contributed by atoms with Gasteiger partial charge in [-0.25, -0.2) is 5.84 Å². The highest BCUT2D eigenvalue weighted by Crippen LogP contribution is 2.08. The first kappa shape index (κ1) is 15.1. The third kappa shape index (κ3) is 8.44. The molecule has 0 aromatic carbocycles. The summed E-state index contributed by atoms with van der Waals surface area (Å²) in [6, 6.07) is 0. The summed E-state index contributed by atoms with van der Waals surface area (Å²) in [7, 11) is 0. The molecule has 0 fully saturated rings. The number of unbranched alkanes of at least 4 members (excludes halogenated alkanes) is 4. The average molecular weight is 228 g/mol. The van der Waals surface area contributed by atoms with Crippen LogP contribution in [0.5, 0.6) is 0 Å². The summed E-state index contributed by atoms with van der Waals surface area (Å²) in [5.41, 5.74) is 3.30. The van der Waals surface area contributed by atoms with E-state index in [4.69, 9.17) is 5.84 Å². The van der Waals surface area contributed by atoms with Crippen LogP contribution in [0.4, 0.5) is 0 Å². The number of hydrogen-bond donors (Lipinski definition) is 3. The molecule has 16 heavy (non-hydrogen) atoms. The fourth-order valence-electron chi connectivity index (χ4n) is 1.45. The molecule has 0 aromatic heterocycles. The van der Waals surface area contributed by atoms with E-state index in [2.05, 4.69) is 19.9 Å². The number of hydrogen-bond acceptors (Lipinski definition) is 3. The molecular weight excluding hydrogens is 204 g/mol. The van der Waals surface area contributed by atoms with Gasteiger partial charge in [0, 0.05) is 0 Å². The van der Waals surface area contributed by atoms with E-state index in [1.807, 2.05) is 5.43 Å². The Morgan fingerprint density at radius 3 is 2.50 bits per heavy atom. The minimum Gasteiger partial charge on any atom is -0.383 e. The summed E-state index contributed by atoms with van der Waals surface area (Å²) in [5, 5.41) is 9.29. The van der Waals surface area contributed by atoms with Crippen molar-refractivity contribution in [2.24, 2.45) is 5.84 Å². The van der Waals surface area contributed by atoms with Gasteiger partial charge in [-0.1, -0.05) is 30.9 Å². The maximum atomic E-state index is 10.9. The summed E-state index contributed by atoms with van der Waals surface area (Å²) in [6.07, 6.45) is 7.11. The van der Waals surface area contributed by atoms with Crippen LogP contribution in [0.1, 0.15) is 52.4 Å². The van der Waals surface area contributed by atoms with Crippen molar-refractivity contribution in [2.75, 3.05) is 0 Å². The van der Waals surface area contributed by atoms with Crippen molar-refractivity contribution in [2.45, 2.75) is 58.5 Å². The smallest absolute Gasteiger partial charge is 0.262 e. The molecule has 0 aliphatic heterocycles. The van der Waals surface area contributed by atoms with Gasteiger partial charge in [-0.3, -0.25) is 10.2 Å².